The number of carbonyl (C=O) groups excluding carboxylic acids is 1. The molecular weight excluding hydrogens is 260 g/mol. The van der Waals surface area contributed by atoms with Gasteiger partial charge in [-0.2, -0.15) is 0 Å². The minimum absolute atomic E-state index is 0.0556. The second-order valence-corrected chi connectivity index (χ2v) is 5.19. The van der Waals surface area contributed by atoms with Crippen molar-refractivity contribution in [3.05, 3.63) is 71.3 Å². The Morgan fingerprint density at radius 3 is 2.48 bits per heavy atom. The van der Waals surface area contributed by atoms with Gasteiger partial charge in [-0.1, -0.05) is 48.0 Å². The zero-order valence-electron chi connectivity index (χ0n) is 12.5. The molecule has 2 rings (SSSR count). The van der Waals surface area contributed by atoms with Crippen LogP contribution in [0.2, 0.25) is 0 Å². The van der Waals surface area contributed by atoms with Crippen LogP contribution in [-0.2, 0) is 6.42 Å². The molecule has 0 saturated carbocycles. The summed E-state index contributed by atoms with van der Waals surface area (Å²) in [6, 6.07) is 17.9. The van der Waals surface area contributed by atoms with E-state index in [1.165, 1.54) is 5.56 Å². The third-order valence-corrected chi connectivity index (χ3v) is 3.46. The fraction of sp³-hybridized carbons (Fsp3) is 0.278. The van der Waals surface area contributed by atoms with Crippen LogP contribution in [0.25, 0.3) is 0 Å². The summed E-state index contributed by atoms with van der Waals surface area (Å²) in [5.74, 6) is 0.0556. The Labute approximate surface area is 126 Å². The maximum absolute atomic E-state index is 12.6. The Hall–Kier alpha value is -2.13. The molecule has 0 unspecified atom stereocenters. The van der Waals surface area contributed by atoms with E-state index in [2.05, 4.69) is 12.1 Å². The number of hydrogen-bond donors (Lipinski definition) is 1. The lowest BCUT2D eigenvalue weighted by molar-refractivity contribution is 0.0762. The molecule has 0 radical (unpaired) electrons. The van der Waals surface area contributed by atoms with Crippen LogP contribution in [-0.4, -0.2) is 30.4 Å². The SMILES string of the molecule is Cc1cccc(C(=O)N(CCN)CCc2ccccc2)c1. The zero-order chi connectivity index (χ0) is 15.1. The predicted octanol–water partition coefficient (Wildman–Crippen LogP) is 2.64. The van der Waals surface area contributed by atoms with Gasteiger partial charge in [0, 0.05) is 25.2 Å². The largest absolute Gasteiger partial charge is 0.337 e. The zero-order valence-corrected chi connectivity index (χ0v) is 12.5. The monoisotopic (exact) mass is 282 g/mol. The summed E-state index contributed by atoms with van der Waals surface area (Å²) in [6.07, 6.45) is 0.846. The Balaban J connectivity index is 2.06. The third-order valence-electron chi connectivity index (χ3n) is 3.46. The molecule has 2 N–H and O–H groups in total. The summed E-state index contributed by atoms with van der Waals surface area (Å²) in [5, 5.41) is 0. The van der Waals surface area contributed by atoms with Crippen LogP contribution in [0.15, 0.2) is 54.6 Å². The van der Waals surface area contributed by atoms with Gasteiger partial charge in [-0.15, -0.1) is 0 Å². The molecule has 0 aromatic heterocycles. The van der Waals surface area contributed by atoms with E-state index in [0.717, 1.165) is 17.5 Å². The van der Waals surface area contributed by atoms with Crippen LogP contribution in [0, 0.1) is 6.92 Å². The smallest absolute Gasteiger partial charge is 0.253 e. The van der Waals surface area contributed by atoms with Crippen LogP contribution in [0.4, 0.5) is 0 Å². The first-order chi connectivity index (χ1) is 10.2. The van der Waals surface area contributed by atoms with Crippen molar-refractivity contribution in [2.24, 2.45) is 5.73 Å². The maximum Gasteiger partial charge on any atom is 0.253 e. The molecule has 2 aromatic rings. The van der Waals surface area contributed by atoms with Gasteiger partial charge >= 0.3 is 0 Å². The number of aryl methyl sites for hydroxylation is 1. The normalized spacial score (nSPS) is 10.4. The highest BCUT2D eigenvalue weighted by Crippen LogP contribution is 2.09. The molecule has 0 fully saturated rings. The number of rotatable bonds is 6. The summed E-state index contributed by atoms with van der Waals surface area (Å²) in [7, 11) is 0. The molecular formula is C18H22N2O. The fourth-order valence-electron chi connectivity index (χ4n) is 2.34. The molecule has 0 aliphatic carbocycles. The molecule has 21 heavy (non-hydrogen) atoms. The van der Waals surface area contributed by atoms with Crippen molar-refractivity contribution in [2.45, 2.75) is 13.3 Å². The van der Waals surface area contributed by atoms with Gasteiger partial charge in [0.2, 0.25) is 0 Å². The van der Waals surface area contributed by atoms with Crippen LogP contribution in [0.3, 0.4) is 0 Å². The van der Waals surface area contributed by atoms with Crippen molar-refractivity contribution in [1.29, 1.82) is 0 Å². The molecule has 0 bridgehead atoms. The van der Waals surface area contributed by atoms with E-state index < -0.39 is 0 Å². The van der Waals surface area contributed by atoms with E-state index in [4.69, 9.17) is 5.73 Å². The Morgan fingerprint density at radius 2 is 1.81 bits per heavy atom. The van der Waals surface area contributed by atoms with Gasteiger partial charge in [0.1, 0.15) is 0 Å². The Kier molecular flexibility index (Phi) is 5.52. The topological polar surface area (TPSA) is 46.3 Å². The van der Waals surface area contributed by atoms with Crippen molar-refractivity contribution in [1.82, 2.24) is 4.90 Å². The van der Waals surface area contributed by atoms with Crippen molar-refractivity contribution in [3.63, 3.8) is 0 Å². The quantitative estimate of drug-likeness (QED) is 0.885. The van der Waals surface area contributed by atoms with Gasteiger partial charge in [0.15, 0.2) is 0 Å². The molecule has 0 aliphatic heterocycles. The first-order valence-electron chi connectivity index (χ1n) is 7.30. The van der Waals surface area contributed by atoms with Crippen molar-refractivity contribution >= 4 is 5.91 Å². The van der Waals surface area contributed by atoms with Gasteiger partial charge in [0.05, 0.1) is 0 Å². The highest BCUT2D eigenvalue weighted by atomic mass is 16.2. The molecule has 0 spiro atoms. The minimum Gasteiger partial charge on any atom is -0.337 e. The van der Waals surface area contributed by atoms with Crippen molar-refractivity contribution < 1.29 is 4.79 Å². The molecule has 3 heteroatoms. The van der Waals surface area contributed by atoms with E-state index in [1.54, 1.807) is 0 Å². The lowest BCUT2D eigenvalue weighted by Gasteiger charge is -2.22. The lowest BCUT2D eigenvalue weighted by atomic mass is 10.1. The van der Waals surface area contributed by atoms with Gasteiger partial charge in [0.25, 0.3) is 5.91 Å². The van der Waals surface area contributed by atoms with Crippen molar-refractivity contribution in [2.75, 3.05) is 19.6 Å². The maximum atomic E-state index is 12.6. The average molecular weight is 282 g/mol. The van der Waals surface area contributed by atoms with Gasteiger partial charge < -0.3 is 10.6 Å². The minimum atomic E-state index is 0.0556. The second kappa shape index (κ2) is 7.60. The number of nitrogens with two attached hydrogens (primary N) is 1. The van der Waals surface area contributed by atoms with Crippen molar-refractivity contribution in [3.8, 4) is 0 Å². The van der Waals surface area contributed by atoms with Gasteiger partial charge in [-0.25, -0.2) is 0 Å². The summed E-state index contributed by atoms with van der Waals surface area (Å²) < 4.78 is 0. The molecule has 2 aromatic carbocycles. The van der Waals surface area contributed by atoms with Crippen LogP contribution in [0.1, 0.15) is 21.5 Å². The molecule has 0 aliphatic rings. The molecule has 110 valence electrons. The first kappa shape index (κ1) is 15.3. The fourth-order valence-corrected chi connectivity index (χ4v) is 2.34. The lowest BCUT2D eigenvalue weighted by Crippen LogP contribution is -2.37. The predicted molar refractivity (Wildman–Crippen MR) is 86.3 cm³/mol. The summed E-state index contributed by atoms with van der Waals surface area (Å²) in [5.41, 5.74) is 8.71. The third kappa shape index (κ3) is 4.43. The standard InChI is InChI=1S/C18H22N2O/c1-15-6-5-9-17(14-15)18(21)20(13-11-19)12-10-16-7-3-2-4-8-16/h2-9,14H,10-13,19H2,1H3. The van der Waals surface area contributed by atoms with Crippen LogP contribution in [0.5, 0.6) is 0 Å². The molecule has 3 nitrogen and oxygen atoms in total. The highest BCUT2D eigenvalue weighted by molar-refractivity contribution is 5.94. The first-order valence-corrected chi connectivity index (χ1v) is 7.30. The molecule has 0 heterocycles. The van der Waals surface area contributed by atoms with E-state index in [-0.39, 0.29) is 5.91 Å². The van der Waals surface area contributed by atoms with Crippen LogP contribution >= 0.6 is 0 Å². The summed E-state index contributed by atoms with van der Waals surface area (Å²) >= 11 is 0. The van der Waals surface area contributed by atoms with Gasteiger partial charge in [-0.05, 0) is 31.0 Å². The van der Waals surface area contributed by atoms with E-state index in [9.17, 15) is 4.79 Å². The Morgan fingerprint density at radius 1 is 1.05 bits per heavy atom. The molecule has 0 saturated heterocycles. The second-order valence-electron chi connectivity index (χ2n) is 5.19. The Bertz CT molecular complexity index is 581. The summed E-state index contributed by atoms with van der Waals surface area (Å²) in [6.45, 7) is 3.74. The molecule has 0 atom stereocenters. The van der Waals surface area contributed by atoms with Crippen LogP contribution < -0.4 is 5.73 Å². The number of amides is 1. The van der Waals surface area contributed by atoms with E-state index >= 15 is 0 Å². The number of hydrogen-bond acceptors (Lipinski definition) is 2. The highest BCUT2D eigenvalue weighted by Gasteiger charge is 2.14. The number of nitrogens with zero attached hydrogens (tertiary/aromatic N) is 1. The van der Waals surface area contributed by atoms with E-state index in [1.807, 2.05) is 54.3 Å². The van der Waals surface area contributed by atoms with Gasteiger partial charge in [-0.3, -0.25) is 4.79 Å². The number of carbonyl (C=O) groups is 1. The molecule has 1 amide bonds. The number of benzene rings is 2. The summed E-state index contributed by atoms with van der Waals surface area (Å²) in [4.78, 5) is 14.4. The average Bonchev–Trinajstić information content (AvgIpc) is 2.52. The van der Waals surface area contributed by atoms with E-state index in [0.29, 0.717) is 19.6 Å².